The van der Waals surface area contributed by atoms with Gasteiger partial charge in [-0.05, 0) is 31.4 Å². The maximum absolute atomic E-state index is 11.9. The minimum absolute atomic E-state index is 0.218. The van der Waals surface area contributed by atoms with E-state index in [2.05, 4.69) is 20.7 Å². The molecule has 0 saturated heterocycles. The van der Waals surface area contributed by atoms with Crippen molar-refractivity contribution >= 4 is 17.6 Å². The van der Waals surface area contributed by atoms with Crippen LogP contribution in [0.5, 0.6) is 0 Å². The van der Waals surface area contributed by atoms with Gasteiger partial charge in [0.25, 0.3) is 5.95 Å². The molecule has 0 unspecified atom stereocenters. The average molecular weight is 273 g/mol. The number of aromatic nitrogens is 3. The first-order chi connectivity index (χ1) is 9.70. The van der Waals surface area contributed by atoms with Crippen molar-refractivity contribution in [2.24, 2.45) is 0 Å². The van der Waals surface area contributed by atoms with Crippen LogP contribution in [0.15, 0.2) is 18.3 Å². The highest BCUT2D eigenvalue weighted by molar-refractivity contribution is 5.87. The molecule has 1 aliphatic carbocycles. The van der Waals surface area contributed by atoms with E-state index in [-0.39, 0.29) is 12.1 Å². The Morgan fingerprint density at radius 1 is 1.30 bits per heavy atom. The number of carbonyl (C=O) groups excluding carboxylic acids is 1. The average Bonchev–Trinajstić information content (AvgIpc) is 2.80. The number of urea groups is 1. The minimum Gasteiger partial charge on any atom is -0.335 e. The Bertz CT molecular complexity index is 615. The summed E-state index contributed by atoms with van der Waals surface area (Å²) in [6, 6.07) is 3.91. The Morgan fingerprint density at radius 2 is 2.10 bits per heavy atom. The number of hydrogen-bond donors (Lipinski definition) is 2. The number of aryl methyl sites for hydroxylation is 1. The second-order valence-electron chi connectivity index (χ2n) is 5.38. The third kappa shape index (κ3) is 2.89. The molecule has 0 bridgehead atoms. The van der Waals surface area contributed by atoms with E-state index in [9.17, 15) is 4.79 Å². The van der Waals surface area contributed by atoms with Gasteiger partial charge in [-0.25, -0.2) is 9.31 Å². The van der Waals surface area contributed by atoms with Crippen molar-refractivity contribution in [2.45, 2.75) is 45.1 Å². The molecule has 2 amide bonds. The van der Waals surface area contributed by atoms with Gasteiger partial charge in [0.2, 0.25) is 0 Å². The molecular weight excluding hydrogens is 254 g/mol. The van der Waals surface area contributed by atoms with Gasteiger partial charge in [0.15, 0.2) is 5.65 Å². The van der Waals surface area contributed by atoms with Crippen LogP contribution in [-0.2, 0) is 0 Å². The Morgan fingerprint density at radius 3 is 2.90 bits per heavy atom. The molecule has 2 heterocycles. The van der Waals surface area contributed by atoms with Crippen LogP contribution in [0.2, 0.25) is 0 Å². The zero-order valence-corrected chi connectivity index (χ0v) is 11.6. The highest BCUT2D eigenvalue weighted by atomic mass is 16.2. The number of fused-ring (bicyclic) bond motifs is 1. The Balaban J connectivity index is 1.64. The SMILES string of the molecule is Cc1ccc2nc(NC(=O)NC3CCCCC3)nn2c1. The number of pyridine rings is 1. The van der Waals surface area contributed by atoms with E-state index in [1.807, 2.05) is 25.3 Å². The van der Waals surface area contributed by atoms with Gasteiger partial charge in [-0.1, -0.05) is 25.3 Å². The zero-order chi connectivity index (χ0) is 13.9. The van der Waals surface area contributed by atoms with Gasteiger partial charge < -0.3 is 5.32 Å². The molecule has 20 heavy (non-hydrogen) atoms. The number of carbonyl (C=O) groups is 1. The molecular formula is C14H19N5O. The van der Waals surface area contributed by atoms with Crippen LogP contribution in [-0.4, -0.2) is 26.7 Å². The highest BCUT2D eigenvalue weighted by Gasteiger charge is 2.16. The molecule has 1 saturated carbocycles. The monoisotopic (exact) mass is 273 g/mol. The summed E-state index contributed by atoms with van der Waals surface area (Å²) >= 11 is 0. The number of nitrogens with one attached hydrogen (secondary N) is 2. The van der Waals surface area contributed by atoms with Crippen molar-refractivity contribution in [3.05, 3.63) is 23.9 Å². The van der Waals surface area contributed by atoms with Crippen molar-refractivity contribution in [3.63, 3.8) is 0 Å². The van der Waals surface area contributed by atoms with Crippen LogP contribution in [0.3, 0.4) is 0 Å². The lowest BCUT2D eigenvalue weighted by molar-refractivity contribution is 0.244. The lowest BCUT2D eigenvalue weighted by atomic mass is 9.96. The van der Waals surface area contributed by atoms with Crippen molar-refractivity contribution in [2.75, 3.05) is 5.32 Å². The van der Waals surface area contributed by atoms with E-state index >= 15 is 0 Å². The second kappa shape index (κ2) is 5.48. The second-order valence-corrected chi connectivity index (χ2v) is 5.38. The molecule has 106 valence electrons. The Kier molecular flexibility index (Phi) is 3.54. The largest absolute Gasteiger partial charge is 0.335 e. The van der Waals surface area contributed by atoms with Gasteiger partial charge in [0, 0.05) is 12.2 Å². The number of anilines is 1. The summed E-state index contributed by atoms with van der Waals surface area (Å²) in [6.45, 7) is 1.99. The van der Waals surface area contributed by atoms with Crippen LogP contribution in [0.4, 0.5) is 10.7 Å². The van der Waals surface area contributed by atoms with Gasteiger partial charge in [-0.3, -0.25) is 5.32 Å². The molecule has 2 N–H and O–H groups in total. The number of rotatable bonds is 2. The van der Waals surface area contributed by atoms with Gasteiger partial charge in [0.1, 0.15) is 0 Å². The third-order valence-corrected chi connectivity index (χ3v) is 3.64. The molecule has 6 nitrogen and oxygen atoms in total. The van der Waals surface area contributed by atoms with Gasteiger partial charge in [-0.2, -0.15) is 4.98 Å². The molecule has 0 radical (unpaired) electrons. The van der Waals surface area contributed by atoms with Crippen LogP contribution in [0, 0.1) is 6.92 Å². The fourth-order valence-electron chi connectivity index (χ4n) is 2.61. The summed E-state index contributed by atoms with van der Waals surface area (Å²) in [7, 11) is 0. The summed E-state index contributed by atoms with van der Waals surface area (Å²) in [5.41, 5.74) is 1.82. The summed E-state index contributed by atoms with van der Waals surface area (Å²) in [6.07, 6.45) is 7.66. The summed E-state index contributed by atoms with van der Waals surface area (Å²) in [5.74, 6) is 0.337. The smallest absolute Gasteiger partial charge is 0.321 e. The number of amides is 2. The van der Waals surface area contributed by atoms with Crippen LogP contribution in [0.1, 0.15) is 37.7 Å². The molecule has 0 aromatic carbocycles. The van der Waals surface area contributed by atoms with E-state index in [0.29, 0.717) is 5.95 Å². The number of hydrogen-bond acceptors (Lipinski definition) is 3. The molecule has 0 atom stereocenters. The lowest BCUT2D eigenvalue weighted by Gasteiger charge is -2.22. The van der Waals surface area contributed by atoms with Gasteiger partial charge in [0.05, 0.1) is 0 Å². The highest BCUT2D eigenvalue weighted by Crippen LogP contribution is 2.17. The fourth-order valence-corrected chi connectivity index (χ4v) is 2.61. The van der Waals surface area contributed by atoms with Crippen molar-refractivity contribution in [3.8, 4) is 0 Å². The number of nitrogens with zero attached hydrogens (tertiary/aromatic N) is 3. The van der Waals surface area contributed by atoms with Crippen molar-refractivity contribution in [1.29, 1.82) is 0 Å². The molecule has 1 fully saturated rings. The third-order valence-electron chi connectivity index (χ3n) is 3.64. The van der Waals surface area contributed by atoms with Gasteiger partial charge >= 0.3 is 6.03 Å². The standard InChI is InChI=1S/C14H19N5O/c1-10-7-8-12-16-13(18-19(12)9-10)17-14(20)15-11-5-3-2-4-6-11/h7-9,11H,2-6H2,1H3,(H2,15,17,18,20). The van der Waals surface area contributed by atoms with E-state index in [4.69, 9.17) is 0 Å². The van der Waals surface area contributed by atoms with E-state index in [0.717, 1.165) is 24.1 Å². The first-order valence-corrected chi connectivity index (χ1v) is 7.11. The summed E-state index contributed by atoms with van der Waals surface area (Å²) < 4.78 is 1.67. The molecule has 1 aliphatic rings. The van der Waals surface area contributed by atoms with Gasteiger partial charge in [-0.15, -0.1) is 5.10 Å². The van der Waals surface area contributed by atoms with E-state index in [1.165, 1.54) is 19.3 Å². The van der Waals surface area contributed by atoms with E-state index < -0.39 is 0 Å². The summed E-state index contributed by atoms with van der Waals surface area (Å²) in [5, 5.41) is 9.93. The molecule has 0 spiro atoms. The normalized spacial score (nSPS) is 16.2. The van der Waals surface area contributed by atoms with Crippen LogP contribution >= 0.6 is 0 Å². The maximum atomic E-state index is 11.9. The zero-order valence-electron chi connectivity index (χ0n) is 11.6. The predicted molar refractivity (Wildman–Crippen MR) is 76.8 cm³/mol. The van der Waals surface area contributed by atoms with Crippen LogP contribution in [0.25, 0.3) is 5.65 Å². The Hall–Kier alpha value is -2.11. The lowest BCUT2D eigenvalue weighted by Crippen LogP contribution is -2.39. The summed E-state index contributed by atoms with van der Waals surface area (Å²) in [4.78, 5) is 16.2. The first kappa shape index (κ1) is 12.9. The Labute approximate surface area is 117 Å². The molecule has 3 rings (SSSR count). The predicted octanol–water partition coefficient (Wildman–Crippen LogP) is 2.49. The van der Waals surface area contributed by atoms with Crippen LogP contribution < -0.4 is 10.6 Å². The molecule has 6 heteroatoms. The van der Waals surface area contributed by atoms with E-state index in [1.54, 1.807) is 4.52 Å². The molecule has 2 aromatic heterocycles. The molecule has 0 aliphatic heterocycles. The topological polar surface area (TPSA) is 71.3 Å². The van der Waals surface area contributed by atoms with Crippen molar-refractivity contribution in [1.82, 2.24) is 19.9 Å². The fraction of sp³-hybridized carbons (Fsp3) is 0.500. The first-order valence-electron chi connectivity index (χ1n) is 7.11. The quantitative estimate of drug-likeness (QED) is 0.883. The maximum Gasteiger partial charge on any atom is 0.321 e. The van der Waals surface area contributed by atoms with Crippen molar-refractivity contribution < 1.29 is 4.79 Å². The molecule has 2 aromatic rings. The minimum atomic E-state index is -0.218.